The third-order valence-electron chi connectivity index (χ3n) is 3.08. The Morgan fingerprint density at radius 2 is 1.83 bits per heavy atom. The first-order valence-corrected chi connectivity index (χ1v) is 8.12. The molecule has 0 radical (unpaired) electrons. The minimum absolute atomic E-state index is 0.204. The van der Waals surface area contributed by atoms with Crippen molar-refractivity contribution >= 4 is 23.7 Å². The van der Waals surface area contributed by atoms with Crippen LogP contribution in [0.4, 0.5) is 9.18 Å². The predicted molar refractivity (Wildman–Crippen MR) is 89.4 cm³/mol. The van der Waals surface area contributed by atoms with E-state index in [-0.39, 0.29) is 6.54 Å². The number of hydrogen-bond donors (Lipinski definition) is 0. The van der Waals surface area contributed by atoms with Crippen molar-refractivity contribution in [2.45, 2.75) is 38.8 Å². The Hall–Kier alpha value is -1.82. The molecule has 1 aromatic carbocycles. The smallest absolute Gasteiger partial charge is 0.411 e. The maximum atomic E-state index is 13.2. The third kappa shape index (κ3) is 6.00. The molecule has 1 unspecified atom stereocenters. The lowest BCUT2D eigenvalue weighted by Crippen LogP contribution is -2.43. The van der Waals surface area contributed by atoms with Gasteiger partial charge in [0.1, 0.15) is 11.4 Å². The molecule has 7 heteroatoms. The zero-order valence-electron chi connectivity index (χ0n) is 14.3. The molecule has 0 aliphatic carbocycles. The fraction of sp³-hybridized carbons (Fsp3) is 0.529. The number of carbonyl (C=O) groups is 2. The number of hydrogen-bond acceptors (Lipinski definition) is 4. The zero-order valence-corrected chi connectivity index (χ0v) is 15.1. The number of methoxy groups -OCH3 is 1. The van der Waals surface area contributed by atoms with Crippen LogP contribution in [0.3, 0.4) is 0 Å². The van der Waals surface area contributed by atoms with Crippen molar-refractivity contribution in [1.29, 1.82) is 0 Å². The molecule has 1 atom stereocenters. The Balaban J connectivity index is 3.21. The molecule has 1 amide bonds. The molecule has 1 aromatic rings. The quantitative estimate of drug-likeness (QED) is 0.571. The van der Waals surface area contributed by atoms with E-state index in [9.17, 15) is 14.0 Å². The van der Waals surface area contributed by atoms with E-state index in [4.69, 9.17) is 21.1 Å². The number of benzene rings is 1. The first kappa shape index (κ1) is 20.2. The van der Waals surface area contributed by atoms with Gasteiger partial charge in [0.05, 0.1) is 7.11 Å². The number of alkyl halides is 1. The summed E-state index contributed by atoms with van der Waals surface area (Å²) >= 11 is 5.72. The fourth-order valence-electron chi connectivity index (χ4n) is 2.08. The van der Waals surface area contributed by atoms with E-state index in [1.807, 2.05) is 0 Å². The summed E-state index contributed by atoms with van der Waals surface area (Å²) in [7, 11) is 1.23. The van der Waals surface area contributed by atoms with E-state index in [0.29, 0.717) is 17.9 Å². The summed E-state index contributed by atoms with van der Waals surface area (Å²) in [5.74, 6) is -0.759. The van der Waals surface area contributed by atoms with Crippen LogP contribution >= 0.6 is 11.6 Å². The highest BCUT2D eigenvalue weighted by molar-refractivity contribution is 6.17. The van der Waals surface area contributed by atoms with Crippen molar-refractivity contribution < 1.29 is 23.5 Å². The molecular formula is C17H23ClFNO4. The highest BCUT2D eigenvalue weighted by Gasteiger charge is 2.34. The lowest BCUT2D eigenvalue weighted by molar-refractivity contribution is -0.147. The summed E-state index contributed by atoms with van der Waals surface area (Å²) in [4.78, 5) is 26.1. The Morgan fingerprint density at radius 1 is 1.25 bits per heavy atom. The highest BCUT2D eigenvalue weighted by atomic mass is 35.5. The molecule has 0 aliphatic rings. The van der Waals surface area contributed by atoms with Crippen LogP contribution in [0, 0.1) is 5.82 Å². The Labute approximate surface area is 146 Å². The minimum Gasteiger partial charge on any atom is -0.467 e. The van der Waals surface area contributed by atoms with Crippen LogP contribution in [0.2, 0.25) is 0 Å². The predicted octanol–water partition coefficient (Wildman–Crippen LogP) is 3.91. The second kappa shape index (κ2) is 8.87. The van der Waals surface area contributed by atoms with Gasteiger partial charge in [0.2, 0.25) is 0 Å². The highest BCUT2D eigenvalue weighted by Crippen LogP contribution is 2.25. The summed E-state index contributed by atoms with van der Waals surface area (Å²) < 4.78 is 23.4. The average molecular weight is 360 g/mol. The largest absolute Gasteiger partial charge is 0.467 e. The molecule has 0 heterocycles. The van der Waals surface area contributed by atoms with Gasteiger partial charge in [-0.1, -0.05) is 12.1 Å². The van der Waals surface area contributed by atoms with E-state index >= 15 is 0 Å². The summed E-state index contributed by atoms with van der Waals surface area (Å²) in [5.41, 5.74) is -0.288. The van der Waals surface area contributed by atoms with Crippen molar-refractivity contribution in [3.8, 4) is 0 Å². The maximum absolute atomic E-state index is 13.2. The molecule has 0 fully saturated rings. The molecule has 0 spiro atoms. The number of carbonyl (C=O) groups excluding carboxylic acids is 2. The molecule has 134 valence electrons. The first-order valence-electron chi connectivity index (χ1n) is 7.58. The summed E-state index contributed by atoms with van der Waals surface area (Å²) in [6, 6.07) is 4.29. The van der Waals surface area contributed by atoms with Gasteiger partial charge in [-0.15, -0.1) is 11.6 Å². The second-order valence-corrected chi connectivity index (χ2v) is 6.57. The molecule has 0 bridgehead atoms. The van der Waals surface area contributed by atoms with Gasteiger partial charge in [-0.2, -0.15) is 0 Å². The molecule has 1 rings (SSSR count). The van der Waals surface area contributed by atoms with Crippen molar-refractivity contribution in [2.75, 3.05) is 19.5 Å². The maximum Gasteiger partial charge on any atom is 0.411 e. The number of rotatable bonds is 6. The minimum atomic E-state index is -1.03. The Morgan fingerprint density at radius 3 is 2.29 bits per heavy atom. The van der Waals surface area contributed by atoms with Crippen LogP contribution in [-0.2, 0) is 14.3 Å². The zero-order chi connectivity index (χ0) is 18.3. The number of amides is 1. The molecule has 0 N–H and O–H groups in total. The van der Waals surface area contributed by atoms with E-state index in [0.717, 1.165) is 0 Å². The number of ether oxygens (including phenoxy) is 2. The lowest BCUT2D eigenvalue weighted by atomic mass is 10.1. The van der Waals surface area contributed by atoms with Crippen LogP contribution in [-0.4, -0.2) is 42.1 Å². The second-order valence-electron chi connectivity index (χ2n) is 6.19. The van der Waals surface area contributed by atoms with Crippen LogP contribution in [0.1, 0.15) is 38.8 Å². The standard InChI is InChI=1S/C17H23ClFNO4/c1-17(2,3)24-16(22)20(11-5-10-18)14(15(21)23-4)12-6-8-13(19)9-7-12/h6-9,14H,5,10-11H2,1-4H3. The van der Waals surface area contributed by atoms with Crippen LogP contribution < -0.4 is 0 Å². The van der Waals surface area contributed by atoms with E-state index in [1.165, 1.54) is 36.3 Å². The molecule has 24 heavy (non-hydrogen) atoms. The van der Waals surface area contributed by atoms with Crippen LogP contribution in [0.25, 0.3) is 0 Å². The van der Waals surface area contributed by atoms with Gasteiger partial charge in [0.25, 0.3) is 0 Å². The number of nitrogens with zero attached hydrogens (tertiary/aromatic N) is 1. The SMILES string of the molecule is COC(=O)C(c1ccc(F)cc1)N(CCCCl)C(=O)OC(C)(C)C. The summed E-state index contributed by atoms with van der Waals surface area (Å²) in [6.45, 7) is 5.40. The third-order valence-corrected chi connectivity index (χ3v) is 3.35. The van der Waals surface area contributed by atoms with E-state index in [2.05, 4.69) is 0 Å². The van der Waals surface area contributed by atoms with Crippen molar-refractivity contribution in [2.24, 2.45) is 0 Å². The van der Waals surface area contributed by atoms with Gasteiger partial charge in [0.15, 0.2) is 6.04 Å². The average Bonchev–Trinajstić information content (AvgIpc) is 2.50. The van der Waals surface area contributed by atoms with Gasteiger partial charge >= 0.3 is 12.1 Å². The number of esters is 1. The Bertz CT molecular complexity index is 557. The van der Waals surface area contributed by atoms with Gasteiger partial charge in [-0.25, -0.2) is 14.0 Å². The van der Waals surface area contributed by atoms with Gasteiger partial charge in [0, 0.05) is 12.4 Å². The van der Waals surface area contributed by atoms with Gasteiger partial charge in [-0.3, -0.25) is 4.90 Å². The summed E-state index contributed by atoms with van der Waals surface area (Å²) in [5, 5.41) is 0. The van der Waals surface area contributed by atoms with Crippen molar-refractivity contribution in [1.82, 2.24) is 4.90 Å². The fourth-order valence-corrected chi connectivity index (χ4v) is 2.20. The lowest BCUT2D eigenvalue weighted by Gasteiger charge is -2.32. The van der Waals surface area contributed by atoms with Crippen LogP contribution in [0.15, 0.2) is 24.3 Å². The van der Waals surface area contributed by atoms with Crippen molar-refractivity contribution in [3.05, 3.63) is 35.6 Å². The van der Waals surface area contributed by atoms with Gasteiger partial charge in [-0.05, 0) is 44.9 Å². The van der Waals surface area contributed by atoms with Crippen molar-refractivity contribution in [3.63, 3.8) is 0 Å². The molecule has 5 nitrogen and oxygen atoms in total. The molecule has 0 aromatic heterocycles. The summed E-state index contributed by atoms with van der Waals surface area (Å²) in [6.07, 6.45) is -0.192. The monoisotopic (exact) mass is 359 g/mol. The number of halogens is 2. The molecule has 0 saturated heterocycles. The van der Waals surface area contributed by atoms with E-state index < -0.39 is 29.5 Å². The Kier molecular flexibility index (Phi) is 7.48. The molecule has 0 aliphatic heterocycles. The van der Waals surface area contributed by atoms with Crippen LogP contribution in [0.5, 0.6) is 0 Å². The topological polar surface area (TPSA) is 55.8 Å². The normalized spacial score (nSPS) is 12.4. The molecule has 0 saturated carbocycles. The van der Waals surface area contributed by atoms with Gasteiger partial charge < -0.3 is 9.47 Å². The molecular weight excluding hydrogens is 337 g/mol. The van der Waals surface area contributed by atoms with E-state index in [1.54, 1.807) is 20.8 Å². The first-order chi connectivity index (χ1) is 11.2.